The first-order valence-corrected chi connectivity index (χ1v) is 8.63. The van der Waals surface area contributed by atoms with E-state index in [0.717, 1.165) is 16.9 Å². The molecule has 0 fully saturated rings. The van der Waals surface area contributed by atoms with E-state index in [2.05, 4.69) is 31.2 Å². The second kappa shape index (κ2) is 9.23. The molecule has 0 spiro atoms. The van der Waals surface area contributed by atoms with Gasteiger partial charge in [-0.15, -0.1) is 0 Å². The average Bonchev–Trinajstić information content (AvgIpc) is 2.59. The molecule has 0 heterocycles. The molecule has 0 saturated heterocycles. The van der Waals surface area contributed by atoms with Crippen molar-refractivity contribution in [2.24, 2.45) is 11.7 Å². The van der Waals surface area contributed by atoms with Crippen LogP contribution >= 0.6 is 0 Å². The monoisotopic (exact) mass is 341 g/mol. The van der Waals surface area contributed by atoms with Gasteiger partial charge in [-0.25, -0.2) is 0 Å². The summed E-state index contributed by atoms with van der Waals surface area (Å²) in [7, 11) is 0. The lowest BCUT2D eigenvalue weighted by atomic mass is 10.1. The van der Waals surface area contributed by atoms with E-state index >= 15 is 0 Å². The lowest BCUT2D eigenvalue weighted by molar-refractivity contribution is -0.146. The number of carbonyl (C=O) groups is 1. The summed E-state index contributed by atoms with van der Waals surface area (Å²) < 4.78 is 11.0. The van der Waals surface area contributed by atoms with E-state index < -0.39 is 6.04 Å². The molecule has 0 saturated carbocycles. The van der Waals surface area contributed by atoms with Gasteiger partial charge in [0.2, 0.25) is 0 Å². The van der Waals surface area contributed by atoms with Crippen LogP contribution in [0, 0.1) is 12.8 Å². The van der Waals surface area contributed by atoms with E-state index in [0.29, 0.717) is 18.9 Å². The molecule has 0 aliphatic heterocycles. The van der Waals surface area contributed by atoms with E-state index in [1.54, 1.807) is 0 Å². The molecule has 4 nitrogen and oxygen atoms in total. The fourth-order valence-electron chi connectivity index (χ4n) is 2.40. The summed E-state index contributed by atoms with van der Waals surface area (Å²) in [6.45, 7) is 6.87. The number of rotatable bonds is 8. The summed E-state index contributed by atoms with van der Waals surface area (Å²) in [6.07, 6.45) is 0.630. The molecule has 0 aromatic heterocycles. The molecule has 25 heavy (non-hydrogen) atoms. The number of benzene rings is 2. The quantitative estimate of drug-likeness (QED) is 0.738. The van der Waals surface area contributed by atoms with Crippen LogP contribution in [0.1, 0.15) is 37.0 Å². The van der Waals surface area contributed by atoms with Crippen LogP contribution in [-0.4, -0.2) is 12.0 Å². The van der Waals surface area contributed by atoms with Crippen molar-refractivity contribution >= 4 is 5.97 Å². The van der Waals surface area contributed by atoms with E-state index in [-0.39, 0.29) is 12.6 Å². The number of carbonyl (C=O) groups excluding carboxylic acids is 1. The maximum atomic E-state index is 11.8. The second-order valence-electron chi connectivity index (χ2n) is 6.76. The van der Waals surface area contributed by atoms with Gasteiger partial charge < -0.3 is 15.2 Å². The van der Waals surface area contributed by atoms with Crippen LogP contribution in [-0.2, 0) is 22.7 Å². The lowest BCUT2D eigenvalue weighted by Crippen LogP contribution is -2.33. The minimum atomic E-state index is -0.558. The van der Waals surface area contributed by atoms with Crippen LogP contribution in [0.5, 0.6) is 5.75 Å². The predicted molar refractivity (Wildman–Crippen MR) is 99.2 cm³/mol. The molecule has 0 aliphatic carbocycles. The maximum Gasteiger partial charge on any atom is 0.323 e. The number of aryl methyl sites for hydroxylation is 1. The molecule has 0 aliphatic rings. The third kappa shape index (κ3) is 6.59. The number of nitrogens with two attached hydrogens (primary N) is 1. The molecule has 0 bridgehead atoms. The molecule has 1 unspecified atom stereocenters. The first-order chi connectivity index (χ1) is 11.9. The van der Waals surface area contributed by atoms with Crippen molar-refractivity contribution < 1.29 is 14.3 Å². The highest BCUT2D eigenvalue weighted by Crippen LogP contribution is 2.15. The summed E-state index contributed by atoms with van der Waals surface area (Å²) in [5.74, 6) is 0.799. The summed E-state index contributed by atoms with van der Waals surface area (Å²) in [5, 5.41) is 0. The molecule has 2 aromatic rings. The molecule has 2 N–H and O–H groups in total. The Kier molecular flexibility index (Phi) is 7.02. The largest absolute Gasteiger partial charge is 0.489 e. The van der Waals surface area contributed by atoms with Crippen LogP contribution in [0.4, 0.5) is 0 Å². The van der Waals surface area contributed by atoms with Crippen molar-refractivity contribution in [2.75, 3.05) is 0 Å². The molecule has 134 valence electrons. The molecular weight excluding hydrogens is 314 g/mol. The van der Waals surface area contributed by atoms with Gasteiger partial charge in [0, 0.05) is 0 Å². The van der Waals surface area contributed by atoms with E-state index in [9.17, 15) is 4.79 Å². The van der Waals surface area contributed by atoms with Crippen LogP contribution in [0.3, 0.4) is 0 Å². The Morgan fingerprint density at radius 2 is 1.52 bits per heavy atom. The topological polar surface area (TPSA) is 61.5 Å². The highest BCUT2D eigenvalue weighted by molar-refractivity contribution is 5.75. The van der Waals surface area contributed by atoms with Crippen molar-refractivity contribution in [3.8, 4) is 5.75 Å². The Morgan fingerprint density at radius 3 is 2.12 bits per heavy atom. The van der Waals surface area contributed by atoms with Crippen molar-refractivity contribution in [3.05, 3.63) is 65.2 Å². The molecule has 4 heteroatoms. The Balaban J connectivity index is 1.79. The van der Waals surface area contributed by atoms with Crippen LogP contribution in [0.15, 0.2) is 48.5 Å². The zero-order chi connectivity index (χ0) is 18.2. The van der Waals surface area contributed by atoms with Gasteiger partial charge >= 0.3 is 5.97 Å². The first kappa shape index (κ1) is 19.0. The zero-order valence-corrected chi connectivity index (χ0v) is 15.2. The van der Waals surface area contributed by atoms with Crippen molar-refractivity contribution in [3.63, 3.8) is 0 Å². The highest BCUT2D eigenvalue weighted by atomic mass is 16.5. The average molecular weight is 341 g/mol. The van der Waals surface area contributed by atoms with Gasteiger partial charge in [-0.2, -0.15) is 0 Å². The third-order valence-corrected chi connectivity index (χ3v) is 3.86. The number of hydrogen-bond acceptors (Lipinski definition) is 4. The lowest BCUT2D eigenvalue weighted by Gasteiger charge is -2.13. The van der Waals surface area contributed by atoms with E-state index in [4.69, 9.17) is 15.2 Å². The van der Waals surface area contributed by atoms with Gasteiger partial charge in [0.05, 0.1) is 0 Å². The summed E-state index contributed by atoms with van der Waals surface area (Å²) in [4.78, 5) is 11.8. The van der Waals surface area contributed by atoms with E-state index in [1.165, 1.54) is 5.56 Å². The number of esters is 1. The Morgan fingerprint density at radius 1 is 0.960 bits per heavy atom. The van der Waals surface area contributed by atoms with Crippen molar-refractivity contribution in [1.82, 2.24) is 0 Å². The van der Waals surface area contributed by atoms with Crippen LogP contribution < -0.4 is 10.5 Å². The van der Waals surface area contributed by atoms with Crippen LogP contribution in [0.25, 0.3) is 0 Å². The van der Waals surface area contributed by atoms with Gasteiger partial charge in [-0.3, -0.25) is 4.79 Å². The van der Waals surface area contributed by atoms with Gasteiger partial charge in [-0.1, -0.05) is 55.8 Å². The molecule has 0 radical (unpaired) electrons. The van der Waals surface area contributed by atoms with E-state index in [1.807, 2.05) is 38.1 Å². The van der Waals surface area contributed by atoms with Gasteiger partial charge in [-0.05, 0) is 42.5 Å². The first-order valence-electron chi connectivity index (χ1n) is 8.63. The van der Waals surface area contributed by atoms with Gasteiger partial charge in [0.25, 0.3) is 0 Å². The highest BCUT2D eigenvalue weighted by Gasteiger charge is 2.16. The smallest absolute Gasteiger partial charge is 0.323 e. The molecular formula is C21H27NO3. The molecule has 2 aromatic carbocycles. The van der Waals surface area contributed by atoms with Crippen molar-refractivity contribution in [1.29, 1.82) is 0 Å². The normalized spacial score (nSPS) is 12.0. The number of ether oxygens (including phenoxy) is 2. The third-order valence-electron chi connectivity index (χ3n) is 3.86. The zero-order valence-electron chi connectivity index (χ0n) is 15.2. The fraction of sp³-hybridized carbons (Fsp3) is 0.381. The minimum Gasteiger partial charge on any atom is -0.489 e. The minimum absolute atomic E-state index is 0.225. The summed E-state index contributed by atoms with van der Waals surface area (Å²) >= 11 is 0. The second-order valence-corrected chi connectivity index (χ2v) is 6.76. The standard InChI is InChI=1S/C21H27NO3/c1-15(2)12-20(22)21(23)25-14-18-8-10-19(11-9-18)24-13-17-6-4-16(3)5-7-17/h4-11,15,20H,12-14,22H2,1-3H3. The van der Waals surface area contributed by atoms with Crippen LogP contribution in [0.2, 0.25) is 0 Å². The van der Waals surface area contributed by atoms with Gasteiger partial charge in [0.15, 0.2) is 0 Å². The molecule has 2 rings (SSSR count). The Hall–Kier alpha value is -2.33. The number of hydrogen-bond donors (Lipinski definition) is 1. The predicted octanol–water partition coefficient (Wildman–Crippen LogP) is 3.99. The maximum absolute atomic E-state index is 11.8. The van der Waals surface area contributed by atoms with Crippen molar-refractivity contribution in [2.45, 2.75) is 46.4 Å². The van der Waals surface area contributed by atoms with Gasteiger partial charge in [0.1, 0.15) is 25.0 Å². The fourth-order valence-corrected chi connectivity index (χ4v) is 2.40. The summed E-state index contributed by atoms with van der Waals surface area (Å²) in [5.41, 5.74) is 9.09. The SMILES string of the molecule is Cc1ccc(COc2ccc(COC(=O)C(N)CC(C)C)cc2)cc1. The Bertz CT molecular complexity index is 663. The molecule has 1 atom stereocenters. The molecule has 0 amide bonds. The summed E-state index contributed by atoms with van der Waals surface area (Å²) in [6, 6.07) is 15.2. The Labute approximate surface area is 150 Å².